The second kappa shape index (κ2) is 6.31. The van der Waals surface area contributed by atoms with Crippen molar-refractivity contribution >= 4 is 23.4 Å². The number of aliphatic hydroxyl groups is 1. The molecule has 1 saturated carbocycles. The fraction of sp³-hybridized carbons (Fsp3) is 0.600. The second-order valence-electron chi connectivity index (χ2n) is 5.37. The van der Waals surface area contributed by atoms with Crippen molar-refractivity contribution in [2.24, 2.45) is 5.92 Å². The monoisotopic (exact) mass is 284 g/mol. The van der Waals surface area contributed by atoms with Crippen molar-refractivity contribution in [2.45, 2.75) is 55.8 Å². The summed E-state index contributed by atoms with van der Waals surface area (Å²) in [4.78, 5) is 1.23. The third-order valence-electron chi connectivity index (χ3n) is 3.61. The van der Waals surface area contributed by atoms with Crippen molar-refractivity contribution in [3.05, 3.63) is 28.8 Å². The summed E-state index contributed by atoms with van der Waals surface area (Å²) in [6, 6.07) is 6.02. The van der Waals surface area contributed by atoms with E-state index in [4.69, 9.17) is 11.6 Å². The first-order chi connectivity index (χ1) is 8.56. The Labute approximate surface area is 119 Å². The van der Waals surface area contributed by atoms with Gasteiger partial charge in [0.1, 0.15) is 0 Å². The Morgan fingerprint density at radius 3 is 2.78 bits per heavy atom. The minimum absolute atomic E-state index is 0.494. The van der Waals surface area contributed by atoms with E-state index in [-0.39, 0.29) is 0 Å². The Morgan fingerprint density at radius 2 is 2.17 bits per heavy atom. The van der Waals surface area contributed by atoms with Gasteiger partial charge in [0, 0.05) is 15.2 Å². The average Bonchev–Trinajstić information content (AvgIpc) is 2.28. The van der Waals surface area contributed by atoms with Crippen LogP contribution in [-0.2, 0) is 0 Å². The number of hydrogen-bond donors (Lipinski definition) is 1. The van der Waals surface area contributed by atoms with E-state index >= 15 is 0 Å². The number of benzene rings is 1. The maximum atomic E-state index is 9.56. The smallest absolute Gasteiger partial charge is 0.0776 e. The van der Waals surface area contributed by atoms with Gasteiger partial charge in [-0.15, -0.1) is 11.8 Å². The van der Waals surface area contributed by atoms with Crippen LogP contribution in [0.4, 0.5) is 0 Å². The summed E-state index contributed by atoms with van der Waals surface area (Å²) in [7, 11) is 0. The van der Waals surface area contributed by atoms with E-state index in [0.717, 1.165) is 16.7 Å². The zero-order chi connectivity index (χ0) is 13.1. The van der Waals surface area contributed by atoms with Crippen molar-refractivity contribution < 1.29 is 5.11 Å². The normalized spacial score (nSPS) is 26.0. The van der Waals surface area contributed by atoms with Crippen LogP contribution >= 0.6 is 23.4 Å². The predicted octanol–water partition coefficient (Wildman–Crippen LogP) is 5.06. The van der Waals surface area contributed by atoms with Gasteiger partial charge in [-0.3, -0.25) is 0 Å². The largest absolute Gasteiger partial charge is 0.389 e. The lowest BCUT2D eigenvalue weighted by atomic mass is 9.91. The average molecular weight is 285 g/mol. The molecule has 0 spiro atoms. The molecule has 100 valence electrons. The van der Waals surface area contributed by atoms with Crippen molar-refractivity contribution in [2.75, 3.05) is 0 Å². The second-order valence-corrected chi connectivity index (χ2v) is 7.15. The number of rotatable bonds is 3. The van der Waals surface area contributed by atoms with E-state index in [0.29, 0.717) is 5.02 Å². The highest BCUT2D eigenvalue weighted by Gasteiger charge is 2.20. The van der Waals surface area contributed by atoms with E-state index in [1.54, 1.807) is 6.92 Å². The van der Waals surface area contributed by atoms with Gasteiger partial charge < -0.3 is 5.11 Å². The first kappa shape index (κ1) is 14.2. The minimum atomic E-state index is -0.494. The van der Waals surface area contributed by atoms with Gasteiger partial charge in [0.05, 0.1) is 6.10 Å². The lowest BCUT2D eigenvalue weighted by Crippen LogP contribution is -2.14. The van der Waals surface area contributed by atoms with Gasteiger partial charge in [-0.2, -0.15) is 0 Å². The molecule has 0 bridgehead atoms. The maximum Gasteiger partial charge on any atom is 0.0776 e. The number of aliphatic hydroxyl groups excluding tert-OH is 1. The third kappa shape index (κ3) is 3.66. The first-order valence-electron chi connectivity index (χ1n) is 6.70. The highest BCUT2D eigenvalue weighted by molar-refractivity contribution is 8.00. The molecule has 0 amide bonds. The molecule has 0 aromatic heterocycles. The zero-order valence-corrected chi connectivity index (χ0v) is 12.6. The molecule has 1 N–H and O–H groups in total. The number of hydrogen-bond acceptors (Lipinski definition) is 2. The molecule has 0 saturated heterocycles. The molecule has 0 aliphatic heterocycles. The lowest BCUT2D eigenvalue weighted by Gasteiger charge is -2.26. The molecule has 1 aromatic carbocycles. The maximum absolute atomic E-state index is 9.56. The van der Waals surface area contributed by atoms with Crippen LogP contribution in [0.3, 0.4) is 0 Å². The quantitative estimate of drug-likeness (QED) is 0.837. The van der Waals surface area contributed by atoms with E-state index in [2.05, 4.69) is 13.0 Å². The van der Waals surface area contributed by atoms with Crippen LogP contribution in [0.2, 0.25) is 5.02 Å². The minimum Gasteiger partial charge on any atom is -0.389 e. The molecule has 3 unspecified atom stereocenters. The zero-order valence-electron chi connectivity index (χ0n) is 11.0. The Bertz CT molecular complexity index is 405. The molecule has 2 rings (SSSR count). The molecule has 0 radical (unpaired) electrons. The molecule has 18 heavy (non-hydrogen) atoms. The van der Waals surface area contributed by atoms with Crippen LogP contribution < -0.4 is 0 Å². The molecule has 1 fully saturated rings. The highest BCUT2D eigenvalue weighted by atomic mass is 35.5. The molecule has 0 heterocycles. The van der Waals surface area contributed by atoms with Crippen molar-refractivity contribution in [1.82, 2.24) is 0 Å². The van der Waals surface area contributed by atoms with Crippen LogP contribution in [0.25, 0.3) is 0 Å². The van der Waals surface area contributed by atoms with Gasteiger partial charge in [-0.05, 0) is 43.4 Å². The van der Waals surface area contributed by atoms with E-state index in [1.165, 1.54) is 30.6 Å². The van der Waals surface area contributed by atoms with Gasteiger partial charge in [-0.25, -0.2) is 0 Å². The highest BCUT2D eigenvalue weighted by Crippen LogP contribution is 2.37. The summed E-state index contributed by atoms with van der Waals surface area (Å²) in [6.45, 7) is 4.09. The van der Waals surface area contributed by atoms with Crippen LogP contribution in [0.15, 0.2) is 23.1 Å². The van der Waals surface area contributed by atoms with E-state index in [9.17, 15) is 5.11 Å². The summed E-state index contributed by atoms with van der Waals surface area (Å²) in [5.41, 5.74) is 0.818. The van der Waals surface area contributed by atoms with E-state index in [1.807, 2.05) is 23.9 Å². The molecule has 1 nitrogen and oxygen atoms in total. The van der Waals surface area contributed by atoms with Crippen molar-refractivity contribution in [3.8, 4) is 0 Å². The van der Waals surface area contributed by atoms with Crippen molar-refractivity contribution in [1.29, 1.82) is 0 Å². The SMILES string of the molecule is CC1CCCC(Sc2ccc(C(C)O)c(Cl)c2)C1. The molecular weight excluding hydrogens is 264 g/mol. The summed E-state index contributed by atoms with van der Waals surface area (Å²) in [6.07, 6.45) is 4.84. The molecule has 1 aliphatic rings. The molecule has 3 atom stereocenters. The molecule has 1 aromatic rings. The lowest BCUT2D eigenvalue weighted by molar-refractivity contribution is 0.199. The predicted molar refractivity (Wildman–Crippen MR) is 79.4 cm³/mol. The van der Waals surface area contributed by atoms with Gasteiger partial charge in [-0.1, -0.05) is 37.4 Å². The molecular formula is C15H21ClOS. The number of thioether (sulfide) groups is 1. The Morgan fingerprint density at radius 1 is 1.39 bits per heavy atom. The van der Waals surface area contributed by atoms with Crippen molar-refractivity contribution in [3.63, 3.8) is 0 Å². The Kier molecular flexibility index (Phi) is 4.99. The fourth-order valence-corrected chi connectivity index (χ4v) is 4.43. The topological polar surface area (TPSA) is 20.2 Å². The molecule has 3 heteroatoms. The Hall–Kier alpha value is -0.180. The number of halogens is 1. The summed E-state index contributed by atoms with van der Waals surface area (Å²) < 4.78 is 0. The van der Waals surface area contributed by atoms with Gasteiger partial charge in [0.25, 0.3) is 0 Å². The van der Waals surface area contributed by atoms with Crippen LogP contribution in [0.5, 0.6) is 0 Å². The van der Waals surface area contributed by atoms with Crippen LogP contribution in [0, 0.1) is 5.92 Å². The van der Waals surface area contributed by atoms with Crippen LogP contribution in [0.1, 0.15) is 51.2 Å². The van der Waals surface area contributed by atoms with Gasteiger partial charge in [0.2, 0.25) is 0 Å². The summed E-state index contributed by atoms with van der Waals surface area (Å²) in [5.74, 6) is 0.850. The first-order valence-corrected chi connectivity index (χ1v) is 7.96. The molecule has 1 aliphatic carbocycles. The fourth-order valence-electron chi connectivity index (χ4n) is 2.60. The van der Waals surface area contributed by atoms with Crippen LogP contribution in [-0.4, -0.2) is 10.4 Å². The van der Waals surface area contributed by atoms with E-state index < -0.39 is 6.10 Å². The Balaban J connectivity index is 2.03. The van der Waals surface area contributed by atoms with Gasteiger partial charge >= 0.3 is 0 Å². The summed E-state index contributed by atoms with van der Waals surface area (Å²) in [5, 5.41) is 11.0. The third-order valence-corrected chi connectivity index (χ3v) is 5.23. The van der Waals surface area contributed by atoms with Gasteiger partial charge in [0.15, 0.2) is 0 Å². The standard InChI is InChI=1S/C15H21ClOS/c1-10-4-3-5-12(8-10)18-13-6-7-14(11(2)17)15(16)9-13/h6-7,9-12,17H,3-5,8H2,1-2H3. The summed E-state index contributed by atoms with van der Waals surface area (Å²) >= 11 is 8.13.